The number of hydrogen-bond acceptors (Lipinski definition) is 2. The van der Waals surface area contributed by atoms with Gasteiger partial charge in [-0.15, -0.1) is 0 Å². The molecular formula is C14H22BNO2Si. The standard InChI is InChI=1S/C14H22BNO2Si/c1-14(2,3)19(4,5)16-9-8-11-10-12(15(17)18)6-7-13(11)16/h6-10,17-18H,1-5H3. The third-order valence-electron chi connectivity index (χ3n) is 4.45. The van der Waals surface area contributed by atoms with Gasteiger partial charge in [0.15, 0.2) is 8.24 Å². The van der Waals surface area contributed by atoms with Gasteiger partial charge in [-0.1, -0.05) is 46.0 Å². The molecule has 0 bridgehead atoms. The van der Waals surface area contributed by atoms with Crippen molar-refractivity contribution in [1.29, 1.82) is 0 Å². The molecule has 0 aliphatic carbocycles. The van der Waals surface area contributed by atoms with Crippen molar-refractivity contribution in [2.24, 2.45) is 0 Å². The Hall–Kier alpha value is -1.04. The summed E-state index contributed by atoms with van der Waals surface area (Å²) in [7, 11) is -3.05. The van der Waals surface area contributed by atoms with E-state index in [2.05, 4.69) is 50.4 Å². The minimum atomic E-state index is -1.65. The molecule has 0 aliphatic rings. The number of benzene rings is 1. The molecule has 0 radical (unpaired) electrons. The number of rotatable bonds is 2. The van der Waals surface area contributed by atoms with Gasteiger partial charge in [-0.25, -0.2) is 0 Å². The molecule has 0 saturated carbocycles. The van der Waals surface area contributed by atoms with Gasteiger partial charge >= 0.3 is 7.12 Å². The molecule has 1 aromatic carbocycles. The topological polar surface area (TPSA) is 45.4 Å². The molecule has 0 saturated heterocycles. The van der Waals surface area contributed by atoms with Gasteiger partial charge in [0.05, 0.1) is 0 Å². The van der Waals surface area contributed by atoms with Crippen LogP contribution in [0.3, 0.4) is 0 Å². The second-order valence-electron chi connectivity index (χ2n) is 6.69. The second-order valence-corrected chi connectivity index (χ2v) is 11.8. The first kappa shape index (κ1) is 14.4. The van der Waals surface area contributed by atoms with Crippen LogP contribution in [-0.2, 0) is 0 Å². The largest absolute Gasteiger partial charge is 0.488 e. The molecule has 2 rings (SSSR count). The first-order valence-corrected chi connectivity index (χ1v) is 9.57. The summed E-state index contributed by atoms with van der Waals surface area (Å²) < 4.78 is 2.40. The van der Waals surface area contributed by atoms with Gasteiger partial charge in [-0.3, -0.25) is 0 Å². The SMILES string of the molecule is CC(C)(C)[Si](C)(C)n1ccc2cc(B(O)O)ccc21. The maximum absolute atomic E-state index is 9.24. The van der Waals surface area contributed by atoms with Crippen molar-refractivity contribution < 1.29 is 10.0 Å². The highest BCUT2D eigenvalue weighted by Gasteiger charge is 2.38. The summed E-state index contributed by atoms with van der Waals surface area (Å²) in [5.41, 5.74) is 1.72. The second kappa shape index (κ2) is 4.51. The Kier molecular flexibility index (Phi) is 3.41. The Balaban J connectivity index is 2.59. The molecule has 1 aromatic heterocycles. The Morgan fingerprint density at radius 2 is 1.74 bits per heavy atom. The fraction of sp³-hybridized carbons (Fsp3) is 0.429. The molecule has 1 heterocycles. The fourth-order valence-corrected chi connectivity index (χ4v) is 4.15. The van der Waals surface area contributed by atoms with Gasteiger partial charge < -0.3 is 14.3 Å². The van der Waals surface area contributed by atoms with Crippen LogP contribution >= 0.6 is 0 Å². The van der Waals surface area contributed by atoms with Crippen LogP contribution in [0.2, 0.25) is 18.1 Å². The summed E-state index contributed by atoms with van der Waals surface area (Å²) in [6.07, 6.45) is 2.13. The molecule has 0 amide bonds. The monoisotopic (exact) mass is 275 g/mol. The smallest absolute Gasteiger partial charge is 0.423 e. The summed E-state index contributed by atoms with van der Waals surface area (Å²) >= 11 is 0. The van der Waals surface area contributed by atoms with Crippen molar-refractivity contribution in [2.45, 2.75) is 38.9 Å². The number of nitrogens with zero attached hydrogens (tertiary/aromatic N) is 1. The highest BCUT2D eigenvalue weighted by Crippen LogP contribution is 2.38. The third kappa shape index (κ3) is 2.38. The molecule has 0 atom stereocenters. The molecule has 2 aromatic rings. The molecule has 0 aliphatic heterocycles. The van der Waals surface area contributed by atoms with Crippen molar-refractivity contribution in [3.05, 3.63) is 30.5 Å². The zero-order valence-electron chi connectivity index (χ0n) is 12.3. The van der Waals surface area contributed by atoms with E-state index >= 15 is 0 Å². The minimum Gasteiger partial charge on any atom is -0.423 e. The summed E-state index contributed by atoms with van der Waals surface area (Å²) in [6.45, 7) is 11.6. The zero-order chi connectivity index (χ0) is 14.4. The van der Waals surface area contributed by atoms with Crippen molar-refractivity contribution in [2.75, 3.05) is 0 Å². The van der Waals surface area contributed by atoms with Crippen LogP contribution in [-0.4, -0.2) is 29.6 Å². The highest BCUT2D eigenvalue weighted by molar-refractivity contribution is 6.79. The normalized spacial score (nSPS) is 13.0. The Bertz CT molecular complexity index is 599. The maximum Gasteiger partial charge on any atom is 0.488 e. The minimum absolute atomic E-state index is 0.258. The van der Waals surface area contributed by atoms with Crippen molar-refractivity contribution in [3.63, 3.8) is 0 Å². The number of hydrogen-bond donors (Lipinski definition) is 2. The van der Waals surface area contributed by atoms with E-state index in [1.807, 2.05) is 12.1 Å². The van der Waals surface area contributed by atoms with E-state index in [4.69, 9.17) is 0 Å². The zero-order valence-corrected chi connectivity index (χ0v) is 13.3. The van der Waals surface area contributed by atoms with Gasteiger partial charge in [-0.2, -0.15) is 0 Å². The van der Waals surface area contributed by atoms with E-state index in [1.165, 1.54) is 5.52 Å². The molecule has 102 valence electrons. The number of aromatic nitrogens is 1. The van der Waals surface area contributed by atoms with Gasteiger partial charge in [0.25, 0.3) is 0 Å². The van der Waals surface area contributed by atoms with E-state index in [0.717, 1.165) is 5.39 Å². The lowest BCUT2D eigenvalue weighted by Gasteiger charge is -2.38. The fourth-order valence-electron chi connectivity index (χ4n) is 2.17. The Labute approximate surface area is 116 Å². The molecule has 19 heavy (non-hydrogen) atoms. The number of fused-ring (bicyclic) bond motifs is 1. The maximum atomic E-state index is 9.24. The average Bonchev–Trinajstić information content (AvgIpc) is 2.70. The van der Waals surface area contributed by atoms with Gasteiger partial charge in [-0.05, 0) is 34.2 Å². The quantitative estimate of drug-likeness (QED) is 0.825. The van der Waals surface area contributed by atoms with Crippen LogP contribution in [0, 0.1) is 0 Å². The van der Waals surface area contributed by atoms with Crippen LogP contribution in [0.15, 0.2) is 30.5 Å². The molecule has 0 fully saturated rings. The van der Waals surface area contributed by atoms with Crippen molar-refractivity contribution >= 4 is 31.7 Å². The van der Waals surface area contributed by atoms with E-state index in [9.17, 15) is 10.0 Å². The van der Waals surface area contributed by atoms with Crippen LogP contribution < -0.4 is 5.46 Å². The average molecular weight is 275 g/mol. The lowest BCUT2D eigenvalue weighted by atomic mass is 9.80. The van der Waals surface area contributed by atoms with Crippen molar-refractivity contribution in [3.8, 4) is 0 Å². The van der Waals surface area contributed by atoms with E-state index in [-0.39, 0.29) is 5.04 Å². The third-order valence-corrected chi connectivity index (χ3v) is 9.72. The van der Waals surface area contributed by atoms with E-state index < -0.39 is 15.4 Å². The van der Waals surface area contributed by atoms with Crippen LogP contribution in [0.5, 0.6) is 0 Å². The molecule has 0 unspecified atom stereocenters. The molecule has 0 spiro atoms. The lowest BCUT2D eigenvalue weighted by molar-refractivity contribution is 0.426. The Morgan fingerprint density at radius 1 is 1.11 bits per heavy atom. The summed E-state index contributed by atoms with van der Waals surface area (Å²) in [4.78, 5) is 0. The van der Waals surface area contributed by atoms with Gasteiger partial charge in [0.1, 0.15) is 0 Å². The summed E-state index contributed by atoms with van der Waals surface area (Å²) in [5, 5.41) is 19.8. The van der Waals surface area contributed by atoms with Crippen LogP contribution in [0.1, 0.15) is 20.8 Å². The molecule has 3 nitrogen and oxygen atoms in total. The molecule has 2 N–H and O–H groups in total. The van der Waals surface area contributed by atoms with E-state index in [1.54, 1.807) is 6.07 Å². The Morgan fingerprint density at radius 3 is 2.26 bits per heavy atom. The highest BCUT2D eigenvalue weighted by atomic mass is 28.3. The summed E-state index contributed by atoms with van der Waals surface area (Å²) in [5.74, 6) is 0. The predicted molar refractivity (Wildman–Crippen MR) is 84.4 cm³/mol. The van der Waals surface area contributed by atoms with E-state index in [0.29, 0.717) is 5.46 Å². The summed E-state index contributed by atoms with van der Waals surface area (Å²) in [6, 6.07) is 7.69. The van der Waals surface area contributed by atoms with Crippen LogP contribution in [0.4, 0.5) is 0 Å². The van der Waals surface area contributed by atoms with Crippen molar-refractivity contribution in [1.82, 2.24) is 4.23 Å². The molecular weight excluding hydrogens is 253 g/mol. The van der Waals surface area contributed by atoms with Gasteiger partial charge in [0, 0.05) is 5.52 Å². The molecule has 5 heteroatoms. The van der Waals surface area contributed by atoms with Crippen LogP contribution in [0.25, 0.3) is 10.9 Å². The lowest BCUT2D eigenvalue weighted by Crippen LogP contribution is -2.44. The first-order chi connectivity index (χ1) is 8.64. The first-order valence-electron chi connectivity index (χ1n) is 6.62. The predicted octanol–water partition coefficient (Wildman–Crippen LogP) is 2.17. The van der Waals surface area contributed by atoms with Gasteiger partial charge in [0.2, 0.25) is 0 Å².